The molecule has 0 saturated carbocycles. The van der Waals surface area contributed by atoms with Gasteiger partial charge < -0.3 is 10.8 Å². The van der Waals surface area contributed by atoms with E-state index in [1.165, 1.54) is 12.1 Å². The van der Waals surface area contributed by atoms with Gasteiger partial charge in [-0.05, 0) is 25.0 Å². The van der Waals surface area contributed by atoms with E-state index < -0.39 is 15.8 Å². The quantitative estimate of drug-likeness (QED) is 0.513. The Morgan fingerprint density at radius 3 is 2.71 bits per heavy atom. The monoisotopic (exact) mass is 262 g/mol. The predicted octanol–water partition coefficient (Wildman–Crippen LogP) is 0.459. The van der Waals surface area contributed by atoms with Crippen molar-refractivity contribution in [2.24, 2.45) is 0 Å². The summed E-state index contributed by atoms with van der Waals surface area (Å²) < 4.78 is 38.9. The number of rotatable bonds is 6. The van der Waals surface area contributed by atoms with E-state index in [2.05, 4.69) is 4.72 Å². The second-order valence-electron chi connectivity index (χ2n) is 3.48. The average Bonchev–Trinajstić information content (AvgIpc) is 2.28. The van der Waals surface area contributed by atoms with Gasteiger partial charge in [0.15, 0.2) is 0 Å². The first-order valence-corrected chi connectivity index (χ1v) is 6.62. The summed E-state index contributed by atoms with van der Waals surface area (Å²) in [6.45, 7) is 0.183. The lowest BCUT2D eigenvalue weighted by molar-refractivity contribution is 0.285. The van der Waals surface area contributed by atoms with Gasteiger partial charge in [0.1, 0.15) is 10.7 Å². The molecule has 0 saturated heterocycles. The standard InChI is InChI=1S/C10H15FN2O3S/c11-8-4-3-5-9(10(8)12)17(15,16)13-6-1-2-7-14/h3-5,13-14H,1-2,6-7,12H2. The minimum absolute atomic E-state index is 0.00380. The molecule has 4 N–H and O–H groups in total. The molecule has 96 valence electrons. The van der Waals surface area contributed by atoms with Crippen LogP contribution in [0.25, 0.3) is 0 Å². The molecule has 0 fully saturated rings. The zero-order chi connectivity index (χ0) is 12.9. The molecule has 0 spiro atoms. The van der Waals surface area contributed by atoms with Crippen molar-refractivity contribution in [3.8, 4) is 0 Å². The van der Waals surface area contributed by atoms with Crippen molar-refractivity contribution < 1.29 is 17.9 Å². The number of aliphatic hydroxyl groups excluding tert-OH is 1. The molecule has 0 aliphatic rings. The van der Waals surface area contributed by atoms with E-state index in [9.17, 15) is 12.8 Å². The number of hydrogen-bond donors (Lipinski definition) is 3. The van der Waals surface area contributed by atoms with Crippen LogP contribution >= 0.6 is 0 Å². The smallest absolute Gasteiger partial charge is 0.242 e. The van der Waals surface area contributed by atoms with Crippen molar-refractivity contribution >= 4 is 15.7 Å². The molecule has 0 aliphatic carbocycles. The fourth-order valence-electron chi connectivity index (χ4n) is 1.27. The molecule has 5 nitrogen and oxygen atoms in total. The number of para-hydroxylation sites is 1. The van der Waals surface area contributed by atoms with Gasteiger partial charge in [-0.2, -0.15) is 0 Å². The number of anilines is 1. The molecule has 0 unspecified atom stereocenters. The Hall–Kier alpha value is -1.18. The minimum atomic E-state index is -3.79. The Labute approximate surface area is 99.5 Å². The third-order valence-corrected chi connectivity index (χ3v) is 3.70. The van der Waals surface area contributed by atoms with Gasteiger partial charge in [0.05, 0.1) is 5.69 Å². The SMILES string of the molecule is Nc1c(F)cccc1S(=O)(=O)NCCCCO. The van der Waals surface area contributed by atoms with Crippen LogP contribution in [0.1, 0.15) is 12.8 Å². The maximum absolute atomic E-state index is 13.1. The molecular weight excluding hydrogens is 247 g/mol. The van der Waals surface area contributed by atoms with Gasteiger partial charge in [-0.3, -0.25) is 0 Å². The van der Waals surface area contributed by atoms with E-state index in [4.69, 9.17) is 10.8 Å². The molecule has 0 heterocycles. The van der Waals surface area contributed by atoms with Crippen LogP contribution < -0.4 is 10.5 Å². The summed E-state index contributed by atoms with van der Waals surface area (Å²) >= 11 is 0. The van der Waals surface area contributed by atoms with E-state index in [0.29, 0.717) is 12.8 Å². The highest BCUT2D eigenvalue weighted by atomic mass is 32.2. The molecule has 17 heavy (non-hydrogen) atoms. The van der Waals surface area contributed by atoms with Crippen LogP contribution in [0.15, 0.2) is 23.1 Å². The molecule has 0 bridgehead atoms. The Balaban J connectivity index is 2.79. The van der Waals surface area contributed by atoms with Gasteiger partial charge in [0, 0.05) is 13.2 Å². The molecule has 7 heteroatoms. The van der Waals surface area contributed by atoms with Crippen LogP contribution in [-0.4, -0.2) is 26.7 Å². The van der Waals surface area contributed by atoms with Crippen LogP contribution in [-0.2, 0) is 10.0 Å². The number of nitrogen functional groups attached to an aromatic ring is 1. The van der Waals surface area contributed by atoms with Crippen molar-refractivity contribution in [1.82, 2.24) is 4.72 Å². The number of halogens is 1. The Morgan fingerprint density at radius 2 is 2.06 bits per heavy atom. The molecular formula is C10H15FN2O3S. The van der Waals surface area contributed by atoms with Crippen molar-refractivity contribution in [3.05, 3.63) is 24.0 Å². The summed E-state index contributed by atoms with van der Waals surface area (Å²) in [7, 11) is -3.79. The number of aliphatic hydroxyl groups is 1. The lowest BCUT2D eigenvalue weighted by atomic mass is 10.3. The molecule has 0 aromatic heterocycles. The maximum atomic E-state index is 13.1. The third kappa shape index (κ3) is 3.65. The van der Waals surface area contributed by atoms with Gasteiger partial charge in [-0.1, -0.05) is 6.07 Å². The summed E-state index contributed by atoms with van der Waals surface area (Å²) in [6, 6.07) is 3.63. The molecule has 0 radical (unpaired) electrons. The number of nitrogens with two attached hydrogens (primary N) is 1. The highest BCUT2D eigenvalue weighted by Crippen LogP contribution is 2.20. The van der Waals surface area contributed by atoms with Gasteiger partial charge in [-0.25, -0.2) is 17.5 Å². The maximum Gasteiger partial charge on any atom is 0.242 e. The first-order chi connectivity index (χ1) is 7.99. The predicted molar refractivity (Wildman–Crippen MR) is 62.3 cm³/mol. The fraction of sp³-hybridized carbons (Fsp3) is 0.400. The highest BCUT2D eigenvalue weighted by Gasteiger charge is 2.18. The summed E-state index contributed by atoms with van der Waals surface area (Å²) in [6.07, 6.45) is 1.01. The molecule has 1 aromatic rings. The van der Waals surface area contributed by atoms with Gasteiger partial charge in [0.25, 0.3) is 0 Å². The summed E-state index contributed by atoms with van der Waals surface area (Å²) in [4.78, 5) is -0.263. The van der Waals surface area contributed by atoms with Crippen LogP contribution in [0.5, 0.6) is 0 Å². The lowest BCUT2D eigenvalue weighted by Crippen LogP contribution is -2.26. The second kappa shape index (κ2) is 5.95. The average molecular weight is 262 g/mol. The minimum Gasteiger partial charge on any atom is -0.396 e. The Morgan fingerprint density at radius 1 is 1.35 bits per heavy atom. The van der Waals surface area contributed by atoms with Crippen molar-refractivity contribution in [2.75, 3.05) is 18.9 Å². The topological polar surface area (TPSA) is 92.4 Å². The zero-order valence-electron chi connectivity index (χ0n) is 9.19. The van der Waals surface area contributed by atoms with Crippen molar-refractivity contribution in [3.63, 3.8) is 0 Å². The van der Waals surface area contributed by atoms with Crippen LogP contribution in [0.3, 0.4) is 0 Å². The number of hydrogen-bond acceptors (Lipinski definition) is 4. The van der Waals surface area contributed by atoms with Crippen molar-refractivity contribution in [2.45, 2.75) is 17.7 Å². The Kier molecular flexibility index (Phi) is 4.86. The normalized spacial score (nSPS) is 11.6. The molecule has 0 aliphatic heterocycles. The molecule has 0 amide bonds. The first kappa shape index (κ1) is 13.9. The molecule has 0 atom stereocenters. The number of benzene rings is 1. The third-order valence-electron chi connectivity index (χ3n) is 2.18. The van der Waals surface area contributed by atoms with Gasteiger partial charge in [0.2, 0.25) is 10.0 Å². The van der Waals surface area contributed by atoms with Crippen LogP contribution in [0, 0.1) is 5.82 Å². The van der Waals surface area contributed by atoms with Crippen LogP contribution in [0.2, 0.25) is 0 Å². The first-order valence-electron chi connectivity index (χ1n) is 5.13. The Bertz CT molecular complexity index is 476. The van der Waals surface area contributed by atoms with Gasteiger partial charge >= 0.3 is 0 Å². The summed E-state index contributed by atoms with van der Waals surface area (Å²) in [5, 5.41) is 8.55. The van der Waals surface area contributed by atoms with E-state index in [1.807, 2.05) is 0 Å². The number of nitrogens with one attached hydrogen (secondary N) is 1. The lowest BCUT2D eigenvalue weighted by Gasteiger charge is -2.09. The highest BCUT2D eigenvalue weighted by molar-refractivity contribution is 7.89. The van der Waals surface area contributed by atoms with Gasteiger partial charge in [-0.15, -0.1) is 0 Å². The zero-order valence-corrected chi connectivity index (χ0v) is 10.0. The number of sulfonamides is 1. The fourth-order valence-corrected chi connectivity index (χ4v) is 2.49. The van der Waals surface area contributed by atoms with E-state index in [1.54, 1.807) is 0 Å². The van der Waals surface area contributed by atoms with Crippen LogP contribution in [0.4, 0.5) is 10.1 Å². The number of unbranched alkanes of at least 4 members (excludes halogenated alkanes) is 1. The summed E-state index contributed by atoms with van der Waals surface area (Å²) in [5.41, 5.74) is 4.98. The van der Waals surface area contributed by atoms with Crippen molar-refractivity contribution in [1.29, 1.82) is 0 Å². The van der Waals surface area contributed by atoms with E-state index in [-0.39, 0.29) is 23.7 Å². The summed E-state index contributed by atoms with van der Waals surface area (Å²) in [5.74, 6) is -0.761. The molecule has 1 rings (SSSR count). The van der Waals surface area contributed by atoms with E-state index >= 15 is 0 Å². The van der Waals surface area contributed by atoms with E-state index in [0.717, 1.165) is 6.07 Å². The largest absolute Gasteiger partial charge is 0.396 e. The molecule has 1 aromatic carbocycles. The second-order valence-corrected chi connectivity index (χ2v) is 5.22.